The zero-order valence-electron chi connectivity index (χ0n) is 31.4. The van der Waals surface area contributed by atoms with E-state index in [1.807, 2.05) is 14.1 Å². The zero-order valence-corrected chi connectivity index (χ0v) is 31.4. The highest BCUT2D eigenvalue weighted by molar-refractivity contribution is 5.70. The quantitative estimate of drug-likeness (QED) is 0.0391. The lowest BCUT2D eigenvalue weighted by Gasteiger charge is -2.20. The van der Waals surface area contributed by atoms with E-state index in [1.54, 1.807) is 0 Å². The smallest absolute Gasteiger partial charge is 0.306 e. The van der Waals surface area contributed by atoms with Gasteiger partial charge in [-0.2, -0.15) is 0 Å². The van der Waals surface area contributed by atoms with Gasteiger partial charge in [-0.3, -0.25) is 9.59 Å². The van der Waals surface area contributed by atoms with E-state index in [4.69, 9.17) is 9.47 Å². The summed E-state index contributed by atoms with van der Waals surface area (Å²) in [5.41, 5.74) is 0. The van der Waals surface area contributed by atoms with Crippen LogP contribution in [-0.2, 0) is 19.1 Å². The molecule has 0 amide bonds. The highest BCUT2D eigenvalue weighted by Gasteiger charge is 2.17. The molecule has 0 aliphatic heterocycles. The van der Waals surface area contributed by atoms with Crippen molar-refractivity contribution in [2.24, 2.45) is 0 Å². The molecule has 0 aromatic carbocycles. The first-order valence-electron chi connectivity index (χ1n) is 19.6. The van der Waals surface area contributed by atoms with Gasteiger partial charge in [0, 0.05) is 25.8 Å². The molecule has 0 spiro atoms. The molecular formula is C42H75NO4. The molecule has 0 N–H and O–H groups in total. The van der Waals surface area contributed by atoms with Crippen molar-refractivity contribution in [3.8, 4) is 0 Å². The molecule has 0 saturated carbocycles. The normalized spacial score (nSPS) is 12.8. The van der Waals surface area contributed by atoms with Crippen LogP contribution in [0.1, 0.15) is 174 Å². The number of hydrogen-bond acceptors (Lipinski definition) is 5. The predicted molar refractivity (Wildman–Crippen MR) is 203 cm³/mol. The largest absolute Gasteiger partial charge is 0.462 e. The number of unbranched alkanes of at least 4 members (excludes halogenated alkanes) is 16. The van der Waals surface area contributed by atoms with Crippen molar-refractivity contribution in [1.82, 2.24) is 4.90 Å². The lowest BCUT2D eigenvalue weighted by atomic mass is 10.1. The van der Waals surface area contributed by atoms with Crippen LogP contribution < -0.4 is 0 Å². The maximum atomic E-state index is 12.5. The van der Waals surface area contributed by atoms with Crippen molar-refractivity contribution < 1.29 is 19.1 Å². The van der Waals surface area contributed by atoms with Crippen molar-refractivity contribution in [1.29, 1.82) is 0 Å². The van der Waals surface area contributed by atoms with Crippen LogP contribution in [0.3, 0.4) is 0 Å². The summed E-state index contributed by atoms with van der Waals surface area (Å²) in [6, 6.07) is 0. The molecule has 5 nitrogen and oxygen atoms in total. The maximum absolute atomic E-state index is 12.5. The first-order valence-corrected chi connectivity index (χ1v) is 19.6. The second-order valence-electron chi connectivity index (χ2n) is 13.3. The molecule has 0 bridgehead atoms. The molecule has 0 saturated heterocycles. The number of ether oxygens (including phenoxy) is 2. The topological polar surface area (TPSA) is 55.8 Å². The molecule has 0 radical (unpaired) electrons. The van der Waals surface area contributed by atoms with Crippen LogP contribution in [-0.4, -0.2) is 50.2 Å². The van der Waals surface area contributed by atoms with E-state index in [0.29, 0.717) is 19.3 Å². The van der Waals surface area contributed by atoms with Crippen molar-refractivity contribution in [3.63, 3.8) is 0 Å². The van der Waals surface area contributed by atoms with E-state index < -0.39 is 0 Å². The molecule has 0 rings (SSSR count). The second-order valence-corrected chi connectivity index (χ2v) is 13.3. The Bertz CT molecular complexity index is 813. The molecule has 272 valence electrons. The Morgan fingerprint density at radius 3 is 1.21 bits per heavy atom. The highest BCUT2D eigenvalue weighted by Crippen LogP contribution is 2.11. The van der Waals surface area contributed by atoms with Gasteiger partial charge in [-0.05, 0) is 130 Å². The van der Waals surface area contributed by atoms with E-state index in [-0.39, 0.29) is 24.6 Å². The van der Waals surface area contributed by atoms with Crippen LogP contribution in [0, 0.1) is 0 Å². The average Bonchev–Trinajstić information content (AvgIpc) is 3.05. The maximum Gasteiger partial charge on any atom is 0.306 e. The first kappa shape index (κ1) is 44.9. The predicted octanol–water partition coefficient (Wildman–Crippen LogP) is 12.0. The third-order valence-electron chi connectivity index (χ3n) is 8.23. The second kappa shape index (κ2) is 36.7. The summed E-state index contributed by atoms with van der Waals surface area (Å²) >= 11 is 0. The van der Waals surface area contributed by atoms with Crippen molar-refractivity contribution in [2.45, 2.75) is 180 Å². The first-order chi connectivity index (χ1) is 23.0. The van der Waals surface area contributed by atoms with Gasteiger partial charge in [0.2, 0.25) is 0 Å². The molecule has 0 unspecified atom stereocenters. The molecule has 47 heavy (non-hydrogen) atoms. The fourth-order valence-electron chi connectivity index (χ4n) is 5.16. The molecule has 5 heteroatoms. The van der Waals surface area contributed by atoms with Gasteiger partial charge < -0.3 is 14.4 Å². The lowest BCUT2D eigenvalue weighted by molar-refractivity contribution is -0.159. The summed E-state index contributed by atoms with van der Waals surface area (Å²) in [4.78, 5) is 26.9. The van der Waals surface area contributed by atoms with Gasteiger partial charge in [-0.1, -0.05) is 88.1 Å². The molecule has 1 atom stereocenters. The molecule has 0 fully saturated rings. The fraction of sp³-hybridized carbons (Fsp3) is 0.762. The van der Waals surface area contributed by atoms with E-state index in [0.717, 1.165) is 57.9 Å². The Labute approximate surface area is 291 Å². The molecular weight excluding hydrogens is 582 g/mol. The fourth-order valence-corrected chi connectivity index (χ4v) is 5.16. The average molecular weight is 658 g/mol. The number of rotatable bonds is 34. The van der Waals surface area contributed by atoms with Gasteiger partial charge in [0.15, 0.2) is 0 Å². The van der Waals surface area contributed by atoms with Crippen LogP contribution in [0.4, 0.5) is 0 Å². The van der Waals surface area contributed by atoms with E-state index in [2.05, 4.69) is 67.4 Å². The number of nitrogens with zero attached hydrogens (tertiary/aromatic N) is 1. The van der Waals surface area contributed by atoms with Gasteiger partial charge in [0.05, 0.1) is 0 Å². The van der Waals surface area contributed by atoms with Crippen molar-refractivity contribution in [2.75, 3.05) is 27.2 Å². The highest BCUT2D eigenvalue weighted by atomic mass is 16.6. The number of hydrogen-bond donors (Lipinski definition) is 0. The number of esters is 2. The SMILES string of the molecule is CCCCC/C=C\CCCC/C=C\CCCCC(=O)OC[C@H](CCN(C)C)OC(=O)CCCC/C=C\CCCC/C=C\CCCCC. The standard InChI is InChI=1S/C42H75NO4/c1-5-7-9-11-13-15-17-19-21-23-25-27-29-31-33-35-41(44)46-39-40(37-38-43(3)4)47-42(45)36-34-32-30-28-26-24-22-20-18-16-14-12-10-8-6-2/h13-16,25-28,40H,5-12,17-24,29-39H2,1-4H3/b15-13-,16-14-,27-25-,28-26-/t40-/m0/s1. The van der Waals surface area contributed by atoms with Crippen LogP contribution in [0.15, 0.2) is 48.6 Å². The summed E-state index contributed by atoms with van der Waals surface area (Å²) < 4.78 is 11.2. The minimum Gasteiger partial charge on any atom is -0.462 e. The molecule has 0 heterocycles. The Morgan fingerprint density at radius 1 is 0.511 bits per heavy atom. The summed E-state index contributed by atoms with van der Waals surface area (Å²) in [6.07, 6.45) is 45.0. The Balaban J connectivity index is 3.95. The minimum atomic E-state index is -0.389. The molecule has 0 aromatic rings. The number of allylic oxidation sites excluding steroid dienone is 8. The van der Waals surface area contributed by atoms with E-state index in [1.165, 1.54) is 89.9 Å². The third-order valence-corrected chi connectivity index (χ3v) is 8.23. The summed E-state index contributed by atoms with van der Waals surface area (Å²) in [5, 5.41) is 0. The zero-order chi connectivity index (χ0) is 34.5. The summed E-state index contributed by atoms with van der Waals surface area (Å²) in [6.45, 7) is 5.41. The van der Waals surface area contributed by atoms with Crippen molar-refractivity contribution in [3.05, 3.63) is 48.6 Å². The van der Waals surface area contributed by atoms with Gasteiger partial charge in [0.1, 0.15) is 12.7 Å². The van der Waals surface area contributed by atoms with Gasteiger partial charge in [0.25, 0.3) is 0 Å². The Hall–Kier alpha value is -2.14. The van der Waals surface area contributed by atoms with E-state index in [9.17, 15) is 9.59 Å². The van der Waals surface area contributed by atoms with Crippen LogP contribution in [0.5, 0.6) is 0 Å². The Kier molecular flexibility index (Phi) is 35.0. The summed E-state index contributed by atoms with van der Waals surface area (Å²) in [5.74, 6) is -0.393. The molecule has 0 aliphatic rings. The van der Waals surface area contributed by atoms with Crippen LogP contribution >= 0.6 is 0 Å². The van der Waals surface area contributed by atoms with Gasteiger partial charge in [-0.15, -0.1) is 0 Å². The van der Waals surface area contributed by atoms with E-state index >= 15 is 0 Å². The third kappa shape index (κ3) is 36.5. The van der Waals surface area contributed by atoms with Crippen LogP contribution in [0.25, 0.3) is 0 Å². The number of carbonyl (C=O) groups excluding carboxylic acids is 2. The number of carbonyl (C=O) groups is 2. The minimum absolute atomic E-state index is 0.142. The monoisotopic (exact) mass is 658 g/mol. The molecule has 0 aromatic heterocycles. The van der Waals surface area contributed by atoms with Gasteiger partial charge >= 0.3 is 11.9 Å². The van der Waals surface area contributed by atoms with Crippen LogP contribution in [0.2, 0.25) is 0 Å². The lowest BCUT2D eigenvalue weighted by Crippen LogP contribution is -2.29. The molecule has 0 aliphatic carbocycles. The summed E-state index contributed by atoms with van der Waals surface area (Å²) in [7, 11) is 3.99. The van der Waals surface area contributed by atoms with Gasteiger partial charge in [-0.25, -0.2) is 0 Å². The Morgan fingerprint density at radius 2 is 0.851 bits per heavy atom. The van der Waals surface area contributed by atoms with Crippen molar-refractivity contribution >= 4 is 11.9 Å².